The highest BCUT2D eigenvalue weighted by molar-refractivity contribution is 5.89. The highest BCUT2D eigenvalue weighted by Crippen LogP contribution is 2.60. The van der Waals surface area contributed by atoms with E-state index in [1.165, 1.54) is 0 Å². The molecule has 0 spiro atoms. The molecule has 4 atom stereocenters. The number of hydrogen-bond acceptors (Lipinski definition) is 4. The lowest BCUT2D eigenvalue weighted by molar-refractivity contribution is -0.123. The Morgan fingerprint density at radius 3 is 2.46 bits per heavy atom. The number of hydrogen-bond donors (Lipinski definition) is 3. The van der Waals surface area contributed by atoms with Crippen molar-refractivity contribution in [3.05, 3.63) is 22.5 Å². The van der Waals surface area contributed by atoms with Gasteiger partial charge < -0.3 is 15.3 Å². The summed E-state index contributed by atoms with van der Waals surface area (Å²) >= 11 is 0. The van der Waals surface area contributed by atoms with E-state index < -0.39 is 6.10 Å². The average molecular weight is 334 g/mol. The van der Waals surface area contributed by atoms with Crippen molar-refractivity contribution in [2.24, 2.45) is 22.7 Å². The molecule has 24 heavy (non-hydrogen) atoms. The molecule has 0 aromatic rings. The summed E-state index contributed by atoms with van der Waals surface area (Å²) in [6.45, 7) is 8.15. The number of aliphatic hydroxyl groups excluding tert-OH is 3. The van der Waals surface area contributed by atoms with Crippen molar-refractivity contribution in [1.82, 2.24) is 0 Å². The lowest BCUT2D eigenvalue weighted by Crippen LogP contribution is -2.34. The molecule has 4 heteroatoms. The molecule has 0 aromatic carbocycles. The van der Waals surface area contributed by atoms with Crippen molar-refractivity contribution in [3.8, 4) is 0 Å². The fourth-order valence-electron chi connectivity index (χ4n) is 5.66. The molecule has 0 bridgehead atoms. The van der Waals surface area contributed by atoms with Gasteiger partial charge in [0.2, 0.25) is 0 Å². The third kappa shape index (κ3) is 2.30. The minimum Gasteiger partial charge on any atom is -0.508 e. The van der Waals surface area contributed by atoms with Gasteiger partial charge in [-0.05, 0) is 48.2 Å². The highest BCUT2D eigenvalue weighted by atomic mass is 16.3. The van der Waals surface area contributed by atoms with Gasteiger partial charge in [0.25, 0.3) is 0 Å². The van der Waals surface area contributed by atoms with Crippen LogP contribution in [-0.2, 0) is 4.79 Å². The zero-order valence-electron chi connectivity index (χ0n) is 15.2. The van der Waals surface area contributed by atoms with Gasteiger partial charge in [0.05, 0.1) is 12.7 Å². The van der Waals surface area contributed by atoms with Gasteiger partial charge in [-0.2, -0.15) is 0 Å². The maximum atomic E-state index is 12.6. The summed E-state index contributed by atoms with van der Waals surface area (Å²) in [5.74, 6) is 0.552. The van der Waals surface area contributed by atoms with Crippen LogP contribution in [0.15, 0.2) is 22.5 Å². The van der Waals surface area contributed by atoms with Crippen molar-refractivity contribution in [3.63, 3.8) is 0 Å². The molecule has 0 aromatic heterocycles. The monoisotopic (exact) mass is 334 g/mol. The van der Waals surface area contributed by atoms with Crippen LogP contribution in [0.2, 0.25) is 0 Å². The molecule has 3 aliphatic carbocycles. The first kappa shape index (κ1) is 17.7. The second-order valence-corrected chi connectivity index (χ2v) is 8.78. The van der Waals surface area contributed by atoms with Crippen molar-refractivity contribution in [1.29, 1.82) is 0 Å². The largest absolute Gasteiger partial charge is 0.508 e. The third-order valence-electron chi connectivity index (χ3n) is 6.93. The van der Waals surface area contributed by atoms with Crippen molar-refractivity contribution < 1.29 is 20.1 Å². The number of carbonyl (C=O) groups is 1. The first-order chi connectivity index (χ1) is 11.2. The van der Waals surface area contributed by atoms with Gasteiger partial charge in [0.1, 0.15) is 11.5 Å². The van der Waals surface area contributed by atoms with Gasteiger partial charge in [-0.25, -0.2) is 0 Å². The summed E-state index contributed by atoms with van der Waals surface area (Å²) in [6.07, 6.45) is 2.71. The van der Waals surface area contributed by atoms with E-state index in [1.54, 1.807) is 0 Å². The topological polar surface area (TPSA) is 77.8 Å². The molecular weight excluding hydrogens is 304 g/mol. The van der Waals surface area contributed by atoms with Gasteiger partial charge in [-0.1, -0.05) is 27.7 Å². The lowest BCUT2D eigenvalue weighted by atomic mass is 9.65. The Bertz CT molecular complexity index is 630. The summed E-state index contributed by atoms with van der Waals surface area (Å²) in [5, 5.41) is 31.3. The second kappa shape index (κ2) is 5.70. The summed E-state index contributed by atoms with van der Waals surface area (Å²) in [6, 6.07) is 0. The Balaban J connectivity index is 2.24. The van der Waals surface area contributed by atoms with E-state index in [0.29, 0.717) is 24.0 Å². The Hall–Kier alpha value is -1.13. The minimum absolute atomic E-state index is 0.0681. The first-order valence-electron chi connectivity index (χ1n) is 9.14. The molecule has 134 valence electrons. The van der Waals surface area contributed by atoms with Gasteiger partial charge in [0, 0.05) is 23.3 Å². The Morgan fingerprint density at radius 2 is 1.88 bits per heavy atom. The molecule has 1 fully saturated rings. The van der Waals surface area contributed by atoms with E-state index in [1.807, 2.05) is 0 Å². The zero-order valence-corrected chi connectivity index (χ0v) is 15.2. The number of Topliss-reactive ketones (excluding diaryl/α,β-unsaturated/α-hetero) is 1. The molecular formula is C20H30O4. The van der Waals surface area contributed by atoms with Crippen LogP contribution in [0.4, 0.5) is 0 Å². The van der Waals surface area contributed by atoms with Crippen LogP contribution in [0.25, 0.3) is 0 Å². The van der Waals surface area contributed by atoms with Crippen LogP contribution in [0.5, 0.6) is 0 Å². The molecule has 0 radical (unpaired) electrons. The molecule has 3 rings (SSSR count). The quantitative estimate of drug-likeness (QED) is 0.724. The molecule has 3 N–H and O–H groups in total. The Morgan fingerprint density at radius 1 is 1.21 bits per heavy atom. The molecule has 1 saturated carbocycles. The number of rotatable bonds is 2. The number of allylic oxidation sites excluding steroid dienone is 2. The van der Waals surface area contributed by atoms with Crippen molar-refractivity contribution >= 4 is 5.78 Å². The summed E-state index contributed by atoms with van der Waals surface area (Å²) in [5.41, 5.74) is 1.50. The summed E-state index contributed by atoms with van der Waals surface area (Å²) in [4.78, 5) is 12.6. The predicted molar refractivity (Wildman–Crippen MR) is 92.4 cm³/mol. The lowest BCUT2D eigenvalue weighted by Gasteiger charge is -2.39. The summed E-state index contributed by atoms with van der Waals surface area (Å²) in [7, 11) is 0. The van der Waals surface area contributed by atoms with E-state index in [-0.39, 0.29) is 40.8 Å². The molecule has 0 aliphatic heterocycles. The molecule has 0 unspecified atom stereocenters. The minimum atomic E-state index is -0.705. The van der Waals surface area contributed by atoms with Crippen LogP contribution in [0, 0.1) is 22.7 Å². The normalized spacial score (nSPS) is 40.0. The maximum absolute atomic E-state index is 12.6. The predicted octanol–water partition coefficient (Wildman–Crippen LogP) is 3.29. The van der Waals surface area contributed by atoms with Crippen molar-refractivity contribution in [2.45, 2.75) is 65.9 Å². The number of fused-ring (bicyclic) bond motifs is 2. The fraction of sp³-hybridized carbons (Fsp3) is 0.750. The van der Waals surface area contributed by atoms with Crippen LogP contribution in [0.1, 0.15) is 59.8 Å². The van der Waals surface area contributed by atoms with Gasteiger partial charge in [-0.15, -0.1) is 0 Å². The average Bonchev–Trinajstić information content (AvgIpc) is 2.74. The van der Waals surface area contributed by atoms with E-state index in [4.69, 9.17) is 0 Å². The van der Waals surface area contributed by atoms with Crippen LogP contribution in [0.3, 0.4) is 0 Å². The molecule has 0 saturated heterocycles. The van der Waals surface area contributed by atoms with Crippen LogP contribution in [-0.4, -0.2) is 33.8 Å². The smallest absolute Gasteiger partial charge is 0.141 e. The van der Waals surface area contributed by atoms with E-state index in [9.17, 15) is 20.1 Å². The van der Waals surface area contributed by atoms with Gasteiger partial charge in [0.15, 0.2) is 0 Å². The maximum Gasteiger partial charge on any atom is 0.141 e. The van der Waals surface area contributed by atoms with E-state index in [2.05, 4.69) is 27.7 Å². The highest BCUT2D eigenvalue weighted by Gasteiger charge is 2.55. The Labute approximate surface area is 144 Å². The number of carbonyl (C=O) groups excluding carboxylic acids is 1. The third-order valence-corrected chi connectivity index (χ3v) is 6.93. The fourth-order valence-corrected chi connectivity index (χ4v) is 5.66. The number of aliphatic hydroxyl groups is 3. The molecule has 0 amide bonds. The number of ketones is 1. The molecule has 4 nitrogen and oxygen atoms in total. The summed E-state index contributed by atoms with van der Waals surface area (Å²) < 4.78 is 0. The van der Waals surface area contributed by atoms with E-state index >= 15 is 0 Å². The SMILES string of the molecule is CC(C)[C@H]1C(=O)CC2=C(O)C3=C(CO)[C@@H](O)CC[C@@]3(C)CC[C@@]21C. The van der Waals surface area contributed by atoms with Crippen LogP contribution < -0.4 is 0 Å². The molecule has 3 aliphatic rings. The van der Waals surface area contributed by atoms with E-state index in [0.717, 1.165) is 24.8 Å². The van der Waals surface area contributed by atoms with Gasteiger partial charge in [-0.3, -0.25) is 4.79 Å². The zero-order chi connectivity index (χ0) is 17.9. The Kier molecular flexibility index (Phi) is 4.20. The first-order valence-corrected chi connectivity index (χ1v) is 9.14. The molecule has 0 heterocycles. The van der Waals surface area contributed by atoms with Gasteiger partial charge >= 0.3 is 0 Å². The van der Waals surface area contributed by atoms with Crippen LogP contribution >= 0.6 is 0 Å². The second-order valence-electron chi connectivity index (χ2n) is 8.78. The van der Waals surface area contributed by atoms with Crippen molar-refractivity contribution in [2.75, 3.05) is 6.61 Å². The standard InChI is InChI=1S/C20H30O4/c1-11(2)16-15(23)9-13-18(24)17-12(10-21)14(22)5-6-19(17,3)7-8-20(13,16)4/h11,14,16,21-22,24H,5-10H2,1-4H3/t14-,16-,19-,20-/m0/s1.